The van der Waals surface area contributed by atoms with Crippen molar-refractivity contribution >= 4 is 35.1 Å². The highest BCUT2D eigenvalue weighted by Gasteiger charge is 2.18. The molecule has 2 aromatic heterocycles. The fourth-order valence-corrected chi connectivity index (χ4v) is 4.67. The fraction of sp³-hybridized carbons (Fsp3) is 0.300. The molecule has 2 heterocycles. The lowest BCUT2D eigenvalue weighted by Crippen LogP contribution is -2.03. The summed E-state index contributed by atoms with van der Waals surface area (Å²) in [5.41, 5.74) is 3.53. The molecule has 0 unspecified atom stereocenters. The van der Waals surface area contributed by atoms with Gasteiger partial charge in [0, 0.05) is 22.4 Å². The van der Waals surface area contributed by atoms with Crippen LogP contribution in [-0.4, -0.2) is 35.6 Å². The summed E-state index contributed by atoms with van der Waals surface area (Å²) < 4.78 is 9.89. The fourth-order valence-electron chi connectivity index (χ4n) is 2.67. The van der Waals surface area contributed by atoms with Gasteiger partial charge in [-0.15, -0.1) is 22.7 Å². The molecule has 1 aromatic carbocycles. The van der Waals surface area contributed by atoms with Gasteiger partial charge in [-0.1, -0.05) is 18.2 Å². The SMILES string of the molecule is CCOC(=O)c1sc(-c2cccc(-c3nc(C)c(CCOC=O)s3)c2)nc1C. The van der Waals surface area contributed by atoms with Gasteiger partial charge in [-0.2, -0.15) is 0 Å². The van der Waals surface area contributed by atoms with Gasteiger partial charge in [0.1, 0.15) is 14.9 Å². The molecule has 0 aliphatic rings. The van der Waals surface area contributed by atoms with Gasteiger partial charge in [-0.3, -0.25) is 4.79 Å². The average Bonchev–Trinajstić information content (AvgIpc) is 3.25. The van der Waals surface area contributed by atoms with Crippen molar-refractivity contribution in [2.45, 2.75) is 27.2 Å². The Hall–Kier alpha value is -2.58. The maximum Gasteiger partial charge on any atom is 0.350 e. The zero-order valence-corrected chi connectivity index (χ0v) is 17.5. The topological polar surface area (TPSA) is 78.4 Å². The quantitative estimate of drug-likeness (QED) is 0.307. The minimum absolute atomic E-state index is 0.336. The first-order valence-electron chi connectivity index (χ1n) is 8.80. The molecule has 0 bridgehead atoms. The maximum absolute atomic E-state index is 12.1. The van der Waals surface area contributed by atoms with Gasteiger partial charge in [0.15, 0.2) is 0 Å². The number of hydrogen-bond donors (Lipinski definition) is 0. The van der Waals surface area contributed by atoms with E-state index in [1.807, 2.05) is 38.1 Å². The van der Waals surface area contributed by atoms with Crippen molar-refractivity contribution in [2.75, 3.05) is 13.2 Å². The van der Waals surface area contributed by atoms with Crippen molar-refractivity contribution in [2.24, 2.45) is 0 Å². The minimum Gasteiger partial charge on any atom is -0.468 e. The summed E-state index contributed by atoms with van der Waals surface area (Å²) in [6.45, 7) is 6.70. The Morgan fingerprint density at radius 3 is 2.46 bits per heavy atom. The van der Waals surface area contributed by atoms with Crippen molar-refractivity contribution in [3.05, 3.63) is 45.4 Å². The van der Waals surface area contributed by atoms with Crippen molar-refractivity contribution < 1.29 is 19.1 Å². The lowest BCUT2D eigenvalue weighted by Gasteiger charge is -2.00. The second-order valence-electron chi connectivity index (χ2n) is 5.98. The van der Waals surface area contributed by atoms with Crippen molar-refractivity contribution in [1.29, 1.82) is 0 Å². The molecular formula is C20H20N2O4S2. The summed E-state index contributed by atoms with van der Waals surface area (Å²) in [6, 6.07) is 7.95. The maximum atomic E-state index is 12.1. The van der Waals surface area contributed by atoms with Gasteiger partial charge in [0.05, 0.1) is 24.6 Å². The number of ether oxygens (including phenoxy) is 2. The molecule has 0 aliphatic carbocycles. The minimum atomic E-state index is -0.336. The molecule has 0 N–H and O–H groups in total. The molecule has 0 fully saturated rings. The highest BCUT2D eigenvalue weighted by Crippen LogP contribution is 2.33. The summed E-state index contributed by atoms with van der Waals surface area (Å²) in [5.74, 6) is -0.336. The number of rotatable bonds is 8. The third-order valence-electron chi connectivity index (χ3n) is 4.02. The molecule has 28 heavy (non-hydrogen) atoms. The van der Waals surface area contributed by atoms with E-state index in [0.717, 1.165) is 31.7 Å². The zero-order valence-electron chi connectivity index (χ0n) is 15.9. The second kappa shape index (κ2) is 9.07. The molecule has 8 heteroatoms. The van der Waals surface area contributed by atoms with Gasteiger partial charge in [0.25, 0.3) is 6.47 Å². The number of aryl methyl sites for hydroxylation is 2. The van der Waals surface area contributed by atoms with Crippen LogP contribution in [0.5, 0.6) is 0 Å². The molecule has 0 saturated heterocycles. The number of carbonyl (C=O) groups excluding carboxylic acids is 2. The van der Waals surface area contributed by atoms with Crippen molar-refractivity contribution in [3.63, 3.8) is 0 Å². The van der Waals surface area contributed by atoms with E-state index in [-0.39, 0.29) is 5.97 Å². The average molecular weight is 417 g/mol. The standard InChI is InChI=1S/C20H20N2O4S2/c1-4-26-20(24)17-13(3)22-19(28-17)15-7-5-6-14(10-15)18-21-12(2)16(27-18)8-9-25-11-23/h5-7,10-11H,4,8-9H2,1-3H3. The van der Waals surface area contributed by atoms with E-state index in [4.69, 9.17) is 9.47 Å². The Labute approximate surface area is 171 Å². The number of hydrogen-bond acceptors (Lipinski definition) is 8. The van der Waals surface area contributed by atoms with Gasteiger partial charge in [-0.05, 0) is 26.8 Å². The molecule has 0 amide bonds. The van der Waals surface area contributed by atoms with E-state index in [9.17, 15) is 9.59 Å². The second-order valence-corrected chi connectivity index (χ2v) is 8.06. The number of nitrogens with zero attached hydrogens (tertiary/aromatic N) is 2. The highest BCUT2D eigenvalue weighted by atomic mass is 32.1. The number of esters is 1. The molecular weight excluding hydrogens is 396 g/mol. The summed E-state index contributed by atoms with van der Waals surface area (Å²) in [4.78, 5) is 33.2. The molecule has 3 rings (SSSR count). The largest absolute Gasteiger partial charge is 0.468 e. The summed E-state index contributed by atoms with van der Waals surface area (Å²) in [6.07, 6.45) is 0.649. The summed E-state index contributed by atoms with van der Waals surface area (Å²) in [7, 11) is 0. The molecule has 0 saturated carbocycles. The number of carbonyl (C=O) groups is 2. The smallest absolute Gasteiger partial charge is 0.350 e. The van der Waals surface area contributed by atoms with E-state index in [1.54, 1.807) is 18.3 Å². The van der Waals surface area contributed by atoms with Crippen LogP contribution >= 0.6 is 22.7 Å². The Balaban J connectivity index is 1.87. The molecule has 0 atom stereocenters. The van der Waals surface area contributed by atoms with Crippen LogP contribution in [0.2, 0.25) is 0 Å². The first-order chi connectivity index (χ1) is 13.5. The monoisotopic (exact) mass is 416 g/mol. The third-order valence-corrected chi connectivity index (χ3v) is 6.47. The molecule has 6 nitrogen and oxygen atoms in total. The first-order valence-corrected chi connectivity index (χ1v) is 10.4. The van der Waals surface area contributed by atoms with Crippen LogP contribution in [0.15, 0.2) is 24.3 Å². The third kappa shape index (κ3) is 4.45. The van der Waals surface area contributed by atoms with Crippen LogP contribution in [0, 0.1) is 13.8 Å². The van der Waals surface area contributed by atoms with Gasteiger partial charge in [0.2, 0.25) is 0 Å². The lowest BCUT2D eigenvalue weighted by atomic mass is 10.1. The van der Waals surface area contributed by atoms with E-state index in [0.29, 0.717) is 36.7 Å². The number of benzene rings is 1. The van der Waals surface area contributed by atoms with Gasteiger partial charge < -0.3 is 9.47 Å². The van der Waals surface area contributed by atoms with Gasteiger partial charge in [-0.25, -0.2) is 14.8 Å². The first kappa shape index (κ1) is 20.2. The summed E-state index contributed by atoms with van der Waals surface area (Å²) in [5, 5.41) is 1.68. The molecule has 0 spiro atoms. The van der Waals surface area contributed by atoms with E-state index < -0.39 is 0 Å². The lowest BCUT2D eigenvalue weighted by molar-refractivity contribution is -0.128. The van der Waals surface area contributed by atoms with E-state index in [2.05, 4.69) is 9.97 Å². The van der Waals surface area contributed by atoms with E-state index >= 15 is 0 Å². The molecule has 0 radical (unpaired) electrons. The molecule has 3 aromatic rings. The van der Waals surface area contributed by atoms with Gasteiger partial charge >= 0.3 is 5.97 Å². The van der Waals surface area contributed by atoms with Crippen LogP contribution in [0.1, 0.15) is 32.9 Å². The van der Waals surface area contributed by atoms with E-state index in [1.165, 1.54) is 11.3 Å². The Morgan fingerprint density at radius 1 is 1.11 bits per heavy atom. The number of thiazole rings is 2. The Kier molecular flexibility index (Phi) is 6.53. The molecule has 0 aliphatic heterocycles. The van der Waals surface area contributed by atoms with Crippen LogP contribution < -0.4 is 0 Å². The predicted octanol–water partition coefficient (Wildman–Crippen LogP) is 4.44. The summed E-state index contributed by atoms with van der Waals surface area (Å²) >= 11 is 2.92. The van der Waals surface area contributed by atoms with Crippen molar-refractivity contribution in [3.8, 4) is 21.1 Å². The normalized spacial score (nSPS) is 10.7. The Bertz CT molecular complexity index is 994. The van der Waals surface area contributed by atoms with Crippen molar-refractivity contribution in [1.82, 2.24) is 9.97 Å². The number of aromatic nitrogens is 2. The van der Waals surface area contributed by atoms with Crippen LogP contribution in [0.4, 0.5) is 0 Å². The zero-order chi connectivity index (χ0) is 20.1. The molecule has 146 valence electrons. The Morgan fingerprint density at radius 2 is 1.79 bits per heavy atom. The highest BCUT2D eigenvalue weighted by molar-refractivity contribution is 7.17. The van der Waals surface area contributed by atoms with Crippen LogP contribution in [0.3, 0.4) is 0 Å². The van der Waals surface area contributed by atoms with Crippen LogP contribution in [0.25, 0.3) is 21.1 Å². The van der Waals surface area contributed by atoms with Crippen LogP contribution in [-0.2, 0) is 20.7 Å². The predicted molar refractivity (Wildman–Crippen MR) is 110 cm³/mol.